The van der Waals surface area contributed by atoms with Crippen molar-refractivity contribution >= 4 is 11.9 Å². The molecule has 3 rings (SSSR count). The number of oxime groups is 1. The quantitative estimate of drug-likeness (QED) is 0.680. The van der Waals surface area contributed by atoms with Gasteiger partial charge < -0.3 is 10.2 Å². The number of anilines is 1. The van der Waals surface area contributed by atoms with Crippen molar-refractivity contribution in [2.24, 2.45) is 5.16 Å². The molecule has 14 heavy (non-hydrogen) atoms. The van der Waals surface area contributed by atoms with E-state index in [2.05, 4.69) is 10.5 Å². The summed E-state index contributed by atoms with van der Waals surface area (Å²) in [4.78, 5) is 5.13. The maximum absolute atomic E-state index is 13.3. The summed E-state index contributed by atoms with van der Waals surface area (Å²) in [5, 5.41) is 6.59. The van der Waals surface area contributed by atoms with Crippen LogP contribution in [0.3, 0.4) is 0 Å². The summed E-state index contributed by atoms with van der Waals surface area (Å²) in [5.74, 6) is -0.270. The number of para-hydroxylation sites is 1. The molecule has 0 saturated heterocycles. The van der Waals surface area contributed by atoms with Crippen LogP contribution in [0.5, 0.6) is 0 Å². The number of hydrogen-bond acceptors (Lipinski definition) is 3. The van der Waals surface area contributed by atoms with Crippen molar-refractivity contribution < 1.29 is 9.23 Å². The summed E-state index contributed by atoms with van der Waals surface area (Å²) in [6, 6.07) is 4.92. The van der Waals surface area contributed by atoms with Crippen LogP contribution in [0.4, 0.5) is 10.1 Å². The first-order valence-corrected chi connectivity index (χ1v) is 4.30. The van der Waals surface area contributed by atoms with E-state index in [0.29, 0.717) is 5.69 Å². The Bertz CT molecular complexity index is 453. The second-order valence-electron chi connectivity index (χ2n) is 3.21. The lowest BCUT2D eigenvalue weighted by Gasteiger charge is -2.20. The standard InChI is InChI=1S/C10H7FN2O/c11-8-3-1-2-7-9(8)12-4-6-5-13-14-10(6)7/h1-5,10,12H. The molecular weight excluding hydrogens is 183 g/mol. The van der Waals surface area contributed by atoms with E-state index in [9.17, 15) is 4.39 Å². The molecule has 1 aromatic rings. The van der Waals surface area contributed by atoms with Gasteiger partial charge in [-0.2, -0.15) is 0 Å². The molecule has 1 atom stereocenters. The highest BCUT2D eigenvalue weighted by molar-refractivity contribution is 5.84. The van der Waals surface area contributed by atoms with Crippen molar-refractivity contribution in [1.29, 1.82) is 0 Å². The Labute approximate surface area is 79.9 Å². The molecule has 0 aromatic heterocycles. The van der Waals surface area contributed by atoms with Gasteiger partial charge in [0.2, 0.25) is 0 Å². The fraction of sp³-hybridized carbons (Fsp3) is 0.100. The largest absolute Gasteiger partial charge is 0.383 e. The highest BCUT2D eigenvalue weighted by atomic mass is 19.1. The summed E-state index contributed by atoms with van der Waals surface area (Å²) in [6.45, 7) is 0. The number of rotatable bonds is 0. The van der Waals surface area contributed by atoms with Crippen LogP contribution in [-0.4, -0.2) is 6.21 Å². The van der Waals surface area contributed by atoms with Gasteiger partial charge >= 0.3 is 0 Å². The lowest BCUT2D eigenvalue weighted by Crippen LogP contribution is -2.11. The molecule has 1 N–H and O–H groups in total. The van der Waals surface area contributed by atoms with Gasteiger partial charge in [-0.25, -0.2) is 4.39 Å². The molecule has 0 bridgehead atoms. The molecular formula is C10H7FN2O. The van der Waals surface area contributed by atoms with Crippen LogP contribution in [0.2, 0.25) is 0 Å². The molecule has 1 aromatic carbocycles. The zero-order chi connectivity index (χ0) is 9.54. The average Bonchev–Trinajstić information content (AvgIpc) is 2.66. The van der Waals surface area contributed by atoms with Crippen LogP contribution in [0.25, 0.3) is 0 Å². The van der Waals surface area contributed by atoms with E-state index < -0.39 is 0 Å². The van der Waals surface area contributed by atoms with Crippen LogP contribution >= 0.6 is 0 Å². The predicted molar refractivity (Wildman–Crippen MR) is 50.4 cm³/mol. The number of fused-ring (bicyclic) bond motifs is 3. The molecule has 0 amide bonds. The lowest BCUT2D eigenvalue weighted by atomic mass is 9.98. The number of nitrogens with zero attached hydrogens (tertiary/aromatic N) is 1. The van der Waals surface area contributed by atoms with Gasteiger partial charge in [-0.15, -0.1) is 0 Å². The molecule has 0 saturated carbocycles. The van der Waals surface area contributed by atoms with Gasteiger partial charge in [-0.05, 0) is 6.07 Å². The molecule has 0 radical (unpaired) electrons. The average molecular weight is 190 g/mol. The third-order valence-corrected chi connectivity index (χ3v) is 2.38. The maximum Gasteiger partial charge on any atom is 0.182 e. The SMILES string of the molecule is Fc1cccc2c1NC=C1C=NOC12. The zero-order valence-corrected chi connectivity index (χ0v) is 7.20. The van der Waals surface area contributed by atoms with E-state index in [1.165, 1.54) is 6.07 Å². The van der Waals surface area contributed by atoms with Crippen LogP contribution in [0.1, 0.15) is 11.7 Å². The van der Waals surface area contributed by atoms with Crippen molar-refractivity contribution in [2.75, 3.05) is 5.32 Å². The summed E-state index contributed by atoms with van der Waals surface area (Å²) in [5.41, 5.74) is 2.19. The van der Waals surface area contributed by atoms with Gasteiger partial charge in [0.25, 0.3) is 0 Å². The fourth-order valence-corrected chi connectivity index (χ4v) is 1.70. The first-order chi connectivity index (χ1) is 6.86. The van der Waals surface area contributed by atoms with Crippen LogP contribution in [-0.2, 0) is 4.84 Å². The Hall–Kier alpha value is -1.84. The van der Waals surface area contributed by atoms with Gasteiger partial charge in [0.1, 0.15) is 5.82 Å². The molecule has 0 spiro atoms. The first kappa shape index (κ1) is 7.55. The van der Waals surface area contributed by atoms with Crippen molar-refractivity contribution in [3.63, 3.8) is 0 Å². The molecule has 2 aliphatic heterocycles. The Morgan fingerprint density at radius 3 is 3.29 bits per heavy atom. The van der Waals surface area contributed by atoms with Gasteiger partial charge in [0.15, 0.2) is 6.10 Å². The normalized spacial score (nSPS) is 21.8. The Morgan fingerprint density at radius 1 is 1.43 bits per heavy atom. The zero-order valence-electron chi connectivity index (χ0n) is 7.20. The highest BCUT2D eigenvalue weighted by Crippen LogP contribution is 2.38. The molecule has 0 fully saturated rings. The Kier molecular flexibility index (Phi) is 1.39. The minimum atomic E-state index is -0.270. The topological polar surface area (TPSA) is 33.6 Å². The van der Waals surface area contributed by atoms with Gasteiger partial charge in [-0.3, -0.25) is 0 Å². The summed E-state index contributed by atoms with van der Waals surface area (Å²) >= 11 is 0. The minimum absolute atomic E-state index is 0.248. The van der Waals surface area contributed by atoms with Crippen molar-refractivity contribution in [3.8, 4) is 0 Å². The molecule has 3 nitrogen and oxygen atoms in total. The van der Waals surface area contributed by atoms with Crippen LogP contribution in [0.15, 0.2) is 35.1 Å². The van der Waals surface area contributed by atoms with Crippen molar-refractivity contribution in [3.05, 3.63) is 41.4 Å². The first-order valence-electron chi connectivity index (χ1n) is 4.30. The number of halogens is 1. The van der Waals surface area contributed by atoms with Gasteiger partial charge in [0, 0.05) is 17.3 Å². The third-order valence-electron chi connectivity index (χ3n) is 2.38. The van der Waals surface area contributed by atoms with E-state index in [1.54, 1.807) is 18.5 Å². The van der Waals surface area contributed by atoms with E-state index in [-0.39, 0.29) is 11.9 Å². The van der Waals surface area contributed by atoms with Crippen LogP contribution in [0, 0.1) is 5.82 Å². The second-order valence-corrected chi connectivity index (χ2v) is 3.21. The molecule has 2 aliphatic rings. The monoisotopic (exact) mass is 190 g/mol. The second kappa shape index (κ2) is 2.57. The number of nitrogens with one attached hydrogen (secondary N) is 1. The maximum atomic E-state index is 13.3. The molecule has 0 aliphatic carbocycles. The summed E-state index contributed by atoms with van der Waals surface area (Å²) < 4.78 is 13.3. The Balaban J connectivity index is 2.17. The number of benzene rings is 1. The summed E-state index contributed by atoms with van der Waals surface area (Å²) in [7, 11) is 0. The van der Waals surface area contributed by atoms with Gasteiger partial charge in [0.05, 0.1) is 11.9 Å². The number of hydrogen-bond donors (Lipinski definition) is 1. The third kappa shape index (κ3) is 0.878. The molecule has 70 valence electrons. The van der Waals surface area contributed by atoms with E-state index in [4.69, 9.17) is 4.84 Å². The predicted octanol–water partition coefficient (Wildman–Crippen LogP) is 2.19. The highest BCUT2D eigenvalue weighted by Gasteiger charge is 2.29. The van der Waals surface area contributed by atoms with Gasteiger partial charge in [-0.1, -0.05) is 17.3 Å². The van der Waals surface area contributed by atoms with E-state index in [1.807, 2.05) is 6.07 Å². The molecule has 1 unspecified atom stereocenters. The Morgan fingerprint density at radius 2 is 2.36 bits per heavy atom. The lowest BCUT2D eigenvalue weighted by molar-refractivity contribution is 0.105. The summed E-state index contributed by atoms with van der Waals surface area (Å²) in [6.07, 6.45) is 3.10. The minimum Gasteiger partial charge on any atom is -0.383 e. The fourth-order valence-electron chi connectivity index (χ4n) is 1.70. The molecule has 4 heteroatoms. The van der Waals surface area contributed by atoms with E-state index >= 15 is 0 Å². The van der Waals surface area contributed by atoms with E-state index in [0.717, 1.165) is 11.1 Å². The van der Waals surface area contributed by atoms with Crippen molar-refractivity contribution in [1.82, 2.24) is 0 Å². The smallest absolute Gasteiger partial charge is 0.182 e. The van der Waals surface area contributed by atoms with Crippen molar-refractivity contribution in [2.45, 2.75) is 6.10 Å². The van der Waals surface area contributed by atoms with Crippen LogP contribution < -0.4 is 5.32 Å². The molecule has 2 heterocycles.